The molecule has 0 fully saturated rings. The number of carbonyl (C=O) groups is 1. The molecule has 122 valence electrons. The molecule has 0 spiro atoms. The second-order valence-electron chi connectivity index (χ2n) is 5.16. The Morgan fingerprint density at radius 3 is 2.62 bits per heavy atom. The first-order valence-electron chi connectivity index (χ1n) is 7.49. The number of benzene rings is 1. The van der Waals surface area contributed by atoms with Gasteiger partial charge < -0.3 is 9.84 Å². The second-order valence-corrected chi connectivity index (χ2v) is 5.59. The van der Waals surface area contributed by atoms with Crippen LogP contribution in [0.15, 0.2) is 53.3 Å². The van der Waals surface area contributed by atoms with Gasteiger partial charge in [-0.3, -0.25) is 9.78 Å². The number of hydrogen-bond acceptors (Lipinski definition) is 5. The predicted molar refractivity (Wildman–Crippen MR) is 90.5 cm³/mol. The van der Waals surface area contributed by atoms with Gasteiger partial charge in [0.05, 0.1) is 0 Å². The maximum Gasteiger partial charge on any atom is 0.226 e. The van der Waals surface area contributed by atoms with Crippen LogP contribution in [0.2, 0.25) is 5.02 Å². The van der Waals surface area contributed by atoms with Crippen LogP contribution in [0.25, 0.3) is 11.4 Å². The van der Waals surface area contributed by atoms with Crippen molar-refractivity contribution in [3.63, 3.8) is 0 Å². The van der Waals surface area contributed by atoms with Crippen LogP contribution in [0.1, 0.15) is 18.7 Å². The van der Waals surface area contributed by atoms with Gasteiger partial charge in [0.1, 0.15) is 0 Å². The van der Waals surface area contributed by atoms with Gasteiger partial charge >= 0.3 is 0 Å². The Morgan fingerprint density at radius 1 is 1.12 bits per heavy atom. The molecule has 0 aliphatic heterocycles. The molecule has 7 heteroatoms. The summed E-state index contributed by atoms with van der Waals surface area (Å²) in [6, 6.07) is 10.7. The van der Waals surface area contributed by atoms with Crippen molar-refractivity contribution < 1.29 is 9.32 Å². The summed E-state index contributed by atoms with van der Waals surface area (Å²) in [6.07, 6.45) is 4.81. The average Bonchev–Trinajstić information content (AvgIpc) is 3.05. The first-order chi connectivity index (χ1) is 11.7. The van der Waals surface area contributed by atoms with E-state index in [2.05, 4.69) is 20.4 Å². The van der Waals surface area contributed by atoms with E-state index in [1.807, 2.05) is 12.1 Å². The van der Waals surface area contributed by atoms with Crippen molar-refractivity contribution in [1.29, 1.82) is 0 Å². The summed E-state index contributed by atoms with van der Waals surface area (Å²) in [5.41, 5.74) is 1.57. The maximum atomic E-state index is 11.9. The van der Waals surface area contributed by atoms with E-state index >= 15 is 0 Å². The van der Waals surface area contributed by atoms with E-state index in [9.17, 15) is 4.79 Å². The Balaban J connectivity index is 1.49. The molecule has 0 saturated carbocycles. The summed E-state index contributed by atoms with van der Waals surface area (Å²) in [6.45, 7) is 0. The molecule has 2 heterocycles. The van der Waals surface area contributed by atoms with Gasteiger partial charge in [0.25, 0.3) is 0 Å². The lowest BCUT2D eigenvalue weighted by molar-refractivity contribution is -0.116. The van der Waals surface area contributed by atoms with Gasteiger partial charge in [-0.1, -0.05) is 16.8 Å². The van der Waals surface area contributed by atoms with Gasteiger partial charge in [0.15, 0.2) is 0 Å². The summed E-state index contributed by atoms with van der Waals surface area (Å²) < 4.78 is 5.22. The molecule has 24 heavy (non-hydrogen) atoms. The highest BCUT2D eigenvalue weighted by Crippen LogP contribution is 2.19. The topological polar surface area (TPSA) is 80.9 Å². The van der Waals surface area contributed by atoms with Crippen molar-refractivity contribution in [3.05, 3.63) is 59.7 Å². The number of pyridine rings is 1. The van der Waals surface area contributed by atoms with Crippen molar-refractivity contribution in [2.24, 2.45) is 0 Å². The van der Waals surface area contributed by atoms with E-state index in [1.165, 1.54) is 0 Å². The number of hydrogen-bond donors (Lipinski definition) is 1. The Labute approximate surface area is 143 Å². The Bertz CT molecular complexity index is 803. The van der Waals surface area contributed by atoms with Gasteiger partial charge in [0, 0.05) is 41.5 Å². The number of anilines is 1. The van der Waals surface area contributed by atoms with Crippen molar-refractivity contribution in [1.82, 2.24) is 15.1 Å². The molecule has 0 bridgehead atoms. The second kappa shape index (κ2) is 7.70. The predicted octanol–water partition coefficient (Wildman–Crippen LogP) is 3.75. The maximum absolute atomic E-state index is 11.9. The molecule has 1 amide bonds. The molecule has 3 rings (SSSR count). The number of aryl methyl sites for hydroxylation is 1. The largest absolute Gasteiger partial charge is 0.339 e. The van der Waals surface area contributed by atoms with Gasteiger partial charge in [0.2, 0.25) is 17.6 Å². The third-order valence-electron chi connectivity index (χ3n) is 3.33. The van der Waals surface area contributed by atoms with Crippen LogP contribution in [-0.4, -0.2) is 21.0 Å². The summed E-state index contributed by atoms with van der Waals surface area (Å²) in [5.74, 6) is 0.971. The smallest absolute Gasteiger partial charge is 0.226 e. The van der Waals surface area contributed by atoms with Crippen LogP contribution in [0, 0.1) is 0 Å². The van der Waals surface area contributed by atoms with Gasteiger partial charge in [-0.05, 0) is 42.8 Å². The minimum atomic E-state index is -0.0568. The normalized spacial score (nSPS) is 10.5. The zero-order valence-electron chi connectivity index (χ0n) is 12.8. The SMILES string of the molecule is O=C(CCCc1nc(-c2ccc(Cl)cc2)no1)Nc1ccncc1. The van der Waals surface area contributed by atoms with E-state index in [0.717, 1.165) is 11.3 Å². The fourth-order valence-corrected chi connectivity index (χ4v) is 2.26. The van der Waals surface area contributed by atoms with Gasteiger partial charge in [-0.15, -0.1) is 0 Å². The number of halogens is 1. The number of rotatable bonds is 6. The molecular formula is C17H15ClN4O2. The quantitative estimate of drug-likeness (QED) is 0.737. The molecule has 2 aromatic heterocycles. The average molecular weight is 343 g/mol. The first kappa shape index (κ1) is 16.1. The summed E-state index contributed by atoms with van der Waals surface area (Å²) >= 11 is 5.85. The van der Waals surface area contributed by atoms with Crippen molar-refractivity contribution in [2.75, 3.05) is 5.32 Å². The molecule has 0 saturated heterocycles. The molecular weight excluding hydrogens is 328 g/mol. The van der Waals surface area contributed by atoms with Gasteiger partial charge in [-0.25, -0.2) is 0 Å². The number of nitrogens with zero attached hydrogens (tertiary/aromatic N) is 3. The lowest BCUT2D eigenvalue weighted by Crippen LogP contribution is -2.11. The van der Waals surface area contributed by atoms with Gasteiger partial charge in [-0.2, -0.15) is 4.98 Å². The van der Waals surface area contributed by atoms with E-state index in [-0.39, 0.29) is 5.91 Å². The van der Waals surface area contributed by atoms with Crippen LogP contribution in [0.4, 0.5) is 5.69 Å². The van der Waals surface area contributed by atoms with Crippen LogP contribution < -0.4 is 5.32 Å². The zero-order chi connectivity index (χ0) is 16.8. The third kappa shape index (κ3) is 4.39. The van der Waals surface area contributed by atoms with E-state index in [4.69, 9.17) is 16.1 Å². The minimum Gasteiger partial charge on any atom is -0.339 e. The molecule has 0 unspecified atom stereocenters. The number of aromatic nitrogens is 3. The van der Waals surface area contributed by atoms with Crippen LogP contribution in [0.3, 0.4) is 0 Å². The fourth-order valence-electron chi connectivity index (χ4n) is 2.13. The molecule has 0 aliphatic rings. The van der Waals surface area contributed by atoms with Crippen LogP contribution >= 0.6 is 11.6 Å². The Kier molecular flexibility index (Phi) is 5.18. The summed E-state index contributed by atoms with van der Waals surface area (Å²) in [7, 11) is 0. The molecule has 3 aromatic rings. The molecule has 0 atom stereocenters. The molecule has 6 nitrogen and oxygen atoms in total. The number of nitrogens with one attached hydrogen (secondary N) is 1. The standard InChI is InChI=1S/C17H15ClN4O2/c18-13-6-4-12(5-7-13)17-21-16(24-22-17)3-1-2-15(23)20-14-8-10-19-11-9-14/h4-11H,1-3H2,(H,19,20,23). The Hall–Kier alpha value is -2.73. The van der Waals surface area contributed by atoms with Crippen LogP contribution in [-0.2, 0) is 11.2 Å². The minimum absolute atomic E-state index is 0.0568. The lowest BCUT2D eigenvalue weighted by Gasteiger charge is -2.03. The third-order valence-corrected chi connectivity index (χ3v) is 3.58. The van der Waals surface area contributed by atoms with Crippen molar-refractivity contribution in [2.45, 2.75) is 19.3 Å². The first-order valence-corrected chi connectivity index (χ1v) is 7.87. The highest BCUT2D eigenvalue weighted by Gasteiger charge is 2.09. The van der Waals surface area contributed by atoms with E-state index in [1.54, 1.807) is 36.7 Å². The van der Waals surface area contributed by atoms with E-state index < -0.39 is 0 Å². The number of amides is 1. The fraction of sp³-hybridized carbons (Fsp3) is 0.176. The molecule has 1 N–H and O–H groups in total. The van der Waals surface area contributed by atoms with Crippen molar-refractivity contribution in [3.8, 4) is 11.4 Å². The monoisotopic (exact) mass is 342 g/mol. The highest BCUT2D eigenvalue weighted by atomic mass is 35.5. The summed E-state index contributed by atoms with van der Waals surface area (Å²) in [5, 5.41) is 7.41. The number of carbonyl (C=O) groups excluding carboxylic acids is 1. The Morgan fingerprint density at radius 2 is 1.88 bits per heavy atom. The highest BCUT2D eigenvalue weighted by molar-refractivity contribution is 6.30. The molecule has 1 aromatic carbocycles. The zero-order valence-corrected chi connectivity index (χ0v) is 13.5. The van der Waals surface area contributed by atoms with E-state index in [0.29, 0.717) is 36.0 Å². The molecule has 0 aliphatic carbocycles. The lowest BCUT2D eigenvalue weighted by atomic mass is 10.2. The molecule has 0 radical (unpaired) electrons. The van der Waals surface area contributed by atoms with Crippen LogP contribution in [0.5, 0.6) is 0 Å². The van der Waals surface area contributed by atoms with Crippen molar-refractivity contribution >= 4 is 23.2 Å². The summed E-state index contributed by atoms with van der Waals surface area (Å²) in [4.78, 5) is 20.1.